The van der Waals surface area contributed by atoms with Gasteiger partial charge in [0, 0.05) is 13.1 Å². The summed E-state index contributed by atoms with van der Waals surface area (Å²) in [4.78, 5) is 23.2. The van der Waals surface area contributed by atoms with Crippen LogP contribution in [0.1, 0.15) is 32.6 Å². The molecule has 0 aliphatic heterocycles. The molecule has 1 saturated carbocycles. The van der Waals surface area contributed by atoms with Crippen molar-refractivity contribution in [2.45, 2.75) is 38.6 Å². The van der Waals surface area contributed by atoms with E-state index in [1.54, 1.807) is 0 Å². The number of nitrogens with zero attached hydrogens (tertiary/aromatic N) is 1. The van der Waals surface area contributed by atoms with E-state index in [-0.39, 0.29) is 18.6 Å². The summed E-state index contributed by atoms with van der Waals surface area (Å²) in [6.45, 7) is 1.77. The third-order valence-electron chi connectivity index (χ3n) is 2.85. The lowest BCUT2D eigenvalue weighted by molar-refractivity contribution is -0.137. The number of likely N-dealkylation sites (N-methyl/N-ethyl adjacent to an activating group) is 1. The van der Waals surface area contributed by atoms with Crippen LogP contribution in [0.2, 0.25) is 0 Å². The molecule has 0 aromatic carbocycles. The van der Waals surface area contributed by atoms with Crippen molar-refractivity contribution >= 4 is 12.0 Å². The molecule has 0 heterocycles. The van der Waals surface area contributed by atoms with Gasteiger partial charge in [-0.05, 0) is 18.8 Å². The summed E-state index contributed by atoms with van der Waals surface area (Å²) in [5.74, 6) is -0.233. The van der Waals surface area contributed by atoms with Crippen molar-refractivity contribution in [3.05, 3.63) is 0 Å². The first-order valence-electron chi connectivity index (χ1n) is 5.76. The Morgan fingerprint density at radius 3 is 2.56 bits per heavy atom. The molecule has 0 bridgehead atoms. The van der Waals surface area contributed by atoms with Crippen LogP contribution in [0, 0.1) is 5.92 Å². The monoisotopic (exact) mass is 228 g/mol. The van der Waals surface area contributed by atoms with Crippen molar-refractivity contribution in [3.63, 3.8) is 0 Å². The Morgan fingerprint density at radius 2 is 2.12 bits per heavy atom. The van der Waals surface area contributed by atoms with E-state index in [0.29, 0.717) is 0 Å². The van der Waals surface area contributed by atoms with Gasteiger partial charge in [-0.15, -0.1) is 0 Å². The molecular formula is C11H20N2O3. The van der Waals surface area contributed by atoms with Gasteiger partial charge < -0.3 is 15.3 Å². The highest BCUT2D eigenvalue weighted by Gasteiger charge is 2.26. The molecular weight excluding hydrogens is 208 g/mol. The van der Waals surface area contributed by atoms with E-state index in [2.05, 4.69) is 5.32 Å². The number of urea groups is 1. The Morgan fingerprint density at radius 1 is 1.50 bits per heavy atom. The summed E-state index contributed by atoms with van der Waals surface area (Å²) in [6.07, 6.45) is 4.43. The summed E-state index contributed by atoms with van der Waals surface area (Å²) in [6, 6.07) is -0.119. The summed E-state index contributed by atoms with van der Waals surface area (Å²) in [7, 11) is 1.49. The molecule has 0 aromatic heterocycles. The van der Waals surface area contributed by atoms with Crippen molar-refractivity contribution in [1.29, 1.82) is 0 Å². The molecule has 1 fully saturated rings. The Labute approximate surface area is 95.8 Å². The second kappa shape index (κ2) is 5.72. The molecule has 2 N–H and O–H groups in total. The Bertz CT molecular complexity index is 264. The first-order valence-corrected chi connectivity index (χ1v) is 5.76. The van der Waals surface area contributed by atoms with Gasteiger partial charge in [0.25, 0.3) is 0 Å². The second-order valence-electron chi connectivity index (χ2n) is 4.48. The average molecular weight is 228 g/mol. The van der Waals surface area contributed by atoms with Gasteiger partial charge >= 0.3 is 12.0 Å². The van der Waals surface area contributed by atoms with E-state index < -0.39 is 5.97 Å². The normalized spacial score (nSPS) is 16.6. The zero-order valence-corrected chi connectivity index (χ0v) is 9.90. The van der Waals surface area contributed by atoms with E-state index in [4.69, 9.17) is 5.11 Å². The van der Waals surface area contributed by atoms with Crippen LogP contribution in [0.5, 0.6) is 0 Å². The SMILES string of the molecule is CCC(CC1CC1)NC(=O)N(C)CC(=O)O. The lowest BCUT2D eigenvalue weighted by Gasteiger charge is -2.21. The van der Waals surface area contributed by atoms with Crippen LogP contribution in [0.25, 0.3) is 0 Å². The predicted octanol–water partition coefficient (Wildman–Crippen LogP) is 1.29. The zero-order valence-electron chi connectivity index (χ0n) is 9.90. The van der Waals surface area contributed by atoms with Gasteiger partial charge in [-0.2, -0.15) is 0 Å². The van der Waals surface area contributed by atoms with Crippen molar-refractivity contribution in [1.82, 2.24) is 10.2 Å². The van der Waals surface area contributed by atoms with Gasteiger partial charge in [0.2, 0.25) is 0 Å². The van der Waals surface area contributed by atoms with Crippen LogP contribution in [0.4, 0.5) is 4.79 Å². The van der Waals surface area contributed by atoms with Gasteiger partial charge in [-0.1, -0.05) is 19.8 Å². The Kier molecular flexibility index (Phi) is 4.58. The first-order chi connectivity index (χ1) is 7.52. The van der Waals surface area contributed by atoms with Gasteiger partial charge in [0.05, 0.1) is 0 Å². The molecule has 1 rings (SSSR count). The van der Waals surface area contributed by atoms with E-state index in [9.17, 15) is 9.59 Å². The molecule has 2 amide bonds. The van der Waals surface area contributed by atoms with Crippen LogP contribution in [-0.4, -0.2) is 41.6 Å². The minimum atomic E-state index is -0.993. The summed E-state index contributed by atoms with van der Waals surface area (Å²) in [5.41, 5.74) is 0. The molecule has 1 atom stereocenters. The van der Waals surface area contributed by atoms with Gasteiger partial charge in [0.15, 0.2) is 0 Å². The lowest BCUT2D eigenvalue weighted by Crippen LogP contribution is -2.44. The fourth-order valence-electron chi connectivity index (χ4n) is 1.64. The molecule has 0 spiro atoms. The summed E-state index contributed by atoms with van der Waals surface area (Å²) in [5, 5.41) is 11.4. The fraction of sp³-hybridized carbons (Fsp3) is 0.818. The minimum absolute atomic E-state index is 0.177. The molecule has 1 unspecified atom stereocenters. The summed E-state index contributed by atoms with van der Waals surface area (Å²) >= 11 is 0. The molecule has 0 saturated heterocycles. The molecule has 92 valence electrons. The first kappa shape index (κ1) is 12.8. The van der Waals surface area contributed by atoms with E-state index in [0.717, 1.165) is 18.8 Å². The highest BCUT2D eigenvalue weighted by Crippen LogP contribution is 2.34. The number of nitrogens with one attached hydrogen (secondary N) is 1. The zero-order chi connectivity index (χ0) is 12.1. The Balaban J connectivity index is 2.31. The number of hydrogen-bond acceptors (Lipinski definition) is 2. The Hall–Kier alpha value is -1.26. The molecule has 1 aliphatic rings. The van der Waals surface area contributed by atoms with E-state index >= 15 is 0 Å². The van der Waals surface area contributed by atoms with Gasteiger partial charge in [0.1, 0.15) is 6.54 Å². The number of carboxylic acids is 1. The molecule has 5 nitrogen and oxygen atoms in total. The maximum atomic E-state index is 11.6. The van der Waals surface area contributed by atoms with Crippen molar-refractivity contribution < 1.29 is 14.7 Å². The maximum Gasteiger partial charge on any atom is 0.323 e. The predicted molar refractivity (Wildman–Crippen MR) is 60.2 cm³/mol. The maximum absolute atomic E-state index is 11.6. The van der Waals surface area contributed by atoms with E-state index in [1.165, 1.54) is 24.8 Å². The quantitative estimate of drug-likeness (QED) is 0.719. The molecule has 1 aliphatic carbocycles. The van der Waals surface area contributed by atoms with Crippen LogP contribution in [0.3, 0.4) is 0 Å². The van der Waals surface area contributed by atoms with Gasteiger partial charge in [-0.25, -0.2) is 4.79 Å². The second-order valence-corrected chi connectivity index (χ2v) is 4.48. The number of rotatable bonds is 6. The van der Waals surface area contributed by atoms with Crippen LogP contribution in [-0.2, 0) is 4.79 Å². The van der Waals surface area contributed by atoms with E-state index in [1.807, 2.05) is 6.92 Å². The largest absolute Gasteiger partial charge is 0.480 e. The van der Waals surface area contributed by atoms with Crippen molar-refractivity contribution in [3.8, 4) is 0 Å². The molecule has 0 radical (unpaired) electrons. The number of aliphatic carboxylic acids is 1. The minimum Gasteiger partial charge on any atom is -0.480 e. The lowest BCUT2D eigenvalue weighted by atomic mass is 10.1. The standard InChI is InChI=1S/C11H20N2O3/c1-3-9(6-8-4-5-8)12-11(16)13(2)7-10(14)15/h8-9H,3-7H2,1-2H3,(H,12,16)(H,14,15). The average Bonchev–Trinajstić information content (AvgIpc) is 2.99. The highest BCUT2D eigenvalue weighted by atomic mass is 16.4. The highest BCUT2D eigenvalue weighted by molar-refractivity contribution is 5.79. The smallest absolute Gasteiger partial charge is 0.323 e. The number of carboxylic acid groups (broad SMARTS) is 1. The third-order valence-corrected chi connectivity index (χ3v) is 2.85. The van der Waals surface area contributed by atoms with Crippen LogP contribution in [0.15, 0.2) is 0 Å². The number of carbonyl (C=O) groups excluding carboxylic acids is 1. The van der Waals surface area contributed by atoms with Crippen molar-refractivity contribution in [2.75, 3.05) is 13.6 Å². The van der Waals surface area contributed by atoms with Crippen LogP contribution >= 0.6 is 0 Å². The molecule has 16 heavy (non-hydrogen) atoms. The topological polar surface area (TPSA) is 69.6 Å². The van der Waals surface area contributed by atoms with Crippen LogP contribution < -0.4 is 5.32 Å². The fourth-order valence-corrected chi connectivity index (χ4v) is 1.64. The molecule has 0 aromatic rings. The number of carbonyl (C=O) groups is 2. The number of amides is 2. The summed E-state index contributed by atoms with van der Waals surface area (Å²) < 4.78 is 0. The van der Waals surface area contributed by atoms with Crippen molar-refractivity contribution in [2.24, 2.45) is 5.92 Å². The number of hydrogen-bond donors (Lipinski definition) is 2. The van der Waals surface area contributed by atoms with Gasteiger partial charge in [-0.3, -0.25) is 4.79 Å². The molecule has 5 heteroatoms. The third kappa shape index (κ3) is 4.51.